The highest BCUT2D eigenvalue weighted by Crippen LogP contribution is 2.40. The number of phenolic OH excluding ortho intramolecular Hbond substituents is 1. The Balaban J connectivity index is 2.21. The maximum Gasteiger partial charge on any atom is 0.295 e. The number of hydrogen-bond acceptors (Lipinski definition) is 5. The number of β-amino-alcohol motifs (C(OH)–C–C–N with tert-alkyl or cyclic N) is 1. The molecule has 0 aromatic heterocycles. The Morgan fingerprint density at radius 3 is 2.33 bits per heavy atom. The Labute approximate surface area is 164 Å². The van der Waals surface area contributed by atoms with Gasteiger partial charge < -0.3 is 20.2 Å². The topological polar surface area (TPSA) is 98.1 Å². The van der Waals surface area contributed by atoms with Crippen LogP contribution in [0.3, 0.4) is 0 Å². The van der Waals surface area contributed by atoms with E-state index in [4.69, 9.17) is 23.2 Å². The number of halogens is 2. The first-order valence-electron chi connectivity index (χ1n) is 7.98. The SMILES string of the molecule is O=C1C(=O)N(CCO)C(c2ccc(O)cc2)/C1=C(\O)c1ccc(Cl)cc1Cl. The predicted molar refractivity (Wildman–Crippen MR) is 101 cm³/mol. The standard InChI is InChI=1S/C19H15Cl2NO5/c20-11-3-6-13(14(21)9-11)17(25)15-16(10-1-4-12(24)5-2-10)22(7-8-23)19(27)18(15)26/h1-6,9,16,23-25H,7-8H2/b17-15+. The Morgan fingerprint density at radius 2 is 1.74 bits per heavy atom. The third kappa shape index (κ3) is 3.51. The van der Waals surface area contributed by atoms with E-state index < -0.39 is 23.5 Å². The molecule has 3 N–H and O–H groups in total. The lowest BCUT2D eigenvalue weighted by Crippen LogP contribution is -2.32. The molecule has 1 atom stereocenters. The third-order valence-electron chi connectivity index (χ3n) is 4.28. The van der Waals surface area contributed by atoms with E-state index in [1.807, 2.05) is 0 Å². The largest absolute Gasteiger partial charge is 0.508 e. The fourth-order valence-electron chi connectivity index (χ4n) is 3.05. The number of phenols is 1. The summed E-state index contributed by atoms with van der Waals surface area (Å²) in [7, 11) is 0. The highest BCUT2D eigenvalue weighted by Gasteiger charge is 2.45. The van der Waals surface area contributed by atoms with Crippen molar-refractivity contribution in [3.63, 3.8) is 0 Å². The van der Waals surface area contributed by atoms with Crippen LogP contribution in [0.5, 0.6) is 5.75 Å². The molecule has 1 fully saturated rings. The number of ketones is 1. The first-order valence-corrected chi connectivity index (χ1v) is 8.74. The van der Waals surface area contributed by atoms with E-state index in [2.05, 4.69) is 0 Å². The Hall–Kier alpha value is -2.54. The van der Waals surface area contributed by atoms with Crippen LogP contribution in [-0.2, 0) is 9.59 Å². The van der Waals surface area contributed by atoms with Crippen molar-refractivity contribution in [1.82, 2.24) is 4.90 Å². The second kappa shape index (κ2) is 7.60. The molecule has 3 rings (SSSR count). The maximum absolute atomic E-state index is 12.6. The van der Waals surface area contributed by atoms with Gasteiger partial charge in [-0.3, -0.25) is 9.59 Å². The summed E-state index contributed by atoms with van der Waals surface area (Å²) in [5, 5.41) is 30.1. The van der Waals surface area contributed by atoms with Crippen molar-refractivity contribution in [2.24, 2.45) is 0 Å². The van der Waals surface area contributed by atoms with Crippen LogP contribution in [0.1, 0.15) is 17.2 Å². The number of aliphatic hydroxyl groups is 2. The predicted octanol–water partition coefficient (Wildman–Crippen LogP) is 3.11. The van der Waals surface area contributed by atoms with Crippen LogP contribution < -0.4 is 0 Å². The Kier molecular flexibility index (Phi) is 5.41. The summed E-state index contributed by atoms with van der Waals surface area (Å²) in [5.74, 6) is -2.15. The van der Waals surface area contributed by atoms with Crippen molar-refractivity contribution >= 4 is 40.7 Å². The number of aromatic hydroxyl groups is 1. The summed E-state index contributed by atoms with van der Waals surface area (Å²) in [6.07, 6.45) is 0. The third-order valence-corrected chi connectivity index (χ3v) is 4.82. The van der Waals surface area contributed by atoms with Gasteiger partial charge in [0, 0.05) is 17.1 Å². The number of carbonyl (C=O) groups excluding carboxylic acids is 2. The van der Waals surface area contributed by atoms with Crippen LogP contribution in [0.2, 0.25) is 10.0 Å². The molecule has 1 aliphatic heterocycles. The van der Waals surface area contributed by atoms with Crippen molar-refractivity contribution in [3.05, 3.63) is 69.2 Å². The van der Waals surface area contributed by atoms with Crippen LogP contribution >= 0.6 is 23.2 Å². The zero-order chi connectivity index (χ0) is 19.7. The van der Waals surface area contributed by atoms with Crippen LogP contribution in [0.15, 0.2) is 48.0 Å². The smallest absolute Gasteiger partial charge is 0.295 e. The first kappa shape index (κ1) is 19.2. The molecule has 8 heteroatoms. The molecule has 1 amide bonds. The molecule has 1 aliphatic rings. The number of amides is 1. The monoisotopic (exact) mass is 407 g/mol. The zero-order valence-electron chi connectivity index (χ0n) is 13.9. The van der Waals surface area contributed by atoms with E-state index in [1.54, 1.807) is 0 Å². The van der Waals surface area contributed by atoms with E-state index in [-0.39, 0.29) is 35.1 Å². The van der Waals surface area contributed by atoms with Crippen molar-refractivity contribution in [1.29, 1.82) is 0 Å². The number of likely N-dealkylation sites (tertiary alicyclic amines) is 1. The van der Waals surface area contributed by atoms with Gasteiger partial charge in [0.2, 0.25) is 0 Å². The van der Waals surface area contributed by atoms with E-state index >= 15 is 0 Å². The molecule has 0 aliphatic carbocycles. The van der Waals surface area contributed by atoms with Crippen LogP contribution in [0.4, 0.5) is 0 Å². The molecule has 2 aromatic rings. The number of aliphatic hydroxyl groups excluding tert-OH is 2. The first-order chi connectivity index (χ1) is 12.8. The molecule has 2 aromatic carbocycles. The van der Waals surface area contributed by atoms with Crippen molar-refractivity contribution < 1.29 is 24.9 Å². The number of nitrogens with zero attached hydrogens (tertiary/aromatic N) is 1. The van der Waals surface area contributed by atoms with Crippen LogP contribution in [0.25, 0.3) is 5.76 Å². The number of benzene rings is 2. The lowest BCUT2D eigenvalue weighted by molar-refractivity contribution is -0.140. The lowest BCUT2D eigenvalue weighted by Gasteiger charge is -2.24. The summed E-state index contributed by atoms with van der Waals surface area (Å²) in [5.41, 5.74) is 0.502. The van der Waals surface area contributed by atoms with Crippen molar-refractivity contribution in [2.45, 2.75) is 6.04 Å². The second-order valence-corrected chi connectivity index (χ2v) is 6.78. The van der Waals surface area contributed by atoms with Crippen LogP contribution in [-0.4, -0.2) is 45.1 Å². The molecule has 0 bridgehead atoms. The van der Waals surface area contributed by atoms with Crippen LogP contribution in [0, 0.1) is 0 Å². The van der Waals surface area contributed by atoms with Gasteiger partial charge in [-0.25, -0.2) is 0 Å². The number of rotatable bonds is 4. The van der Waals surface area contributed by atoms with Crippen molar-refractivity contribution in [2.75, 3.05) is 13.2 Å². The number of hydrogen-bond donors (Lipinski definition) is 3. The summed E-state index contributed by atoms with van der Waals surface area (Å²) < 4.78 is 0. The summed E-state index contributed by atoms with van der Waals surface area (Å²) >= 11 is 12.0. The van der Waals surface area contributed by atoms with Gasteiger partial charge in [-0.05, 0) is 35.9 Å². The molecule has 1 heterocycles. The molecule has 0 radical (unpaired) electrons. The Bertz CT molecular complexity index is 940. The number of Topliss-reactive ketones (excluding diaryl/α,β-unsaturated/α-hetero) is 1. The highest BCUT2D eigenvalue weighted by atomic mass is 35.5. The van der Waals surface area contributed by atoms with Gasteiger partial charge in [0.05, 0.1) is 23.2 Å². The normalized spacial score (nSPS) is 18.9. The van der Waals surface area contributed by atoms with E-state index in [0.717, 1.165) is 0 Å². The molecule has 140 valence electrons. The van der Waals surface area contributed by atoms with Gasteiger partial charge >= 0.3 is 0 Å². The average Bonchev–Trinajstić information content (AvgIpc) is 2.87. The van der Waals surface area contributed by atoms with Gasteiger partial charge in [0.15, 0.2) is 0 Å². The van der Waals surface area contributed by atoms with Gasteiger partial charge in [-0.1, -0.05) is 35.3 Å². The van der Waals surface area contributed by atoms with E-state index in [9.17, 15) is 24.9 Å². The van der Waals surface area contributed by atoms with E-state index in [0.29, 0.717) is 10.6 Å². The van der Waals surface area contributed by atoms with E-state index in [1.165, 1.54) is 47.4 Å². The summed E-state index contributed by atoms with van der Waals surface area (Å²) in [4.78, 5) is 26.2. The zero-order valence-corrected chi connectivity index (χ0v) is 15.4. The lowest BCUT2D eigenvalue weighted by atomic mass is 9.95. The number of carbonyl (C=O) groups is 2. The fourth-order valence-corrected chi connectivity index (χ4v) is 3.55. The maximum atomic E-state index is 12.6. The summed E-state index contributed by atoms with van der Waals surface area (Å²) in [6.45, 7) is -0.454. The molecular weight excluding hydrogens is 393 g/mol. The molecule has 0 saturated carbocycles. The quantitative estimate of drug-likeness (QED) is 0.410. The Morgan fingerprint density at radius 1 is 1.07 bits per heavy atom. The van der Waals surface area contributed by atoms with Gasteiger partial charge in [-0.2, -0.15) is 0 Å². The van der Waals surface area contributed by atoms with Crippen molar-refractivity contribution in [3.8, 4) is 5.75 Å². The van der Waals surface area contributed by atoms with Gasteiger partial charge in [0.25, 0.3) is 11.7 Å². The minimum absolute atomic E-state index is 0.0126. The molecule has 6 nitrogen and oxygen atoms in total. The minimum Gasteiger partial charge on any atom is -0.508 e. The molecule has 0 spiro atoms. The highest BCUT2D eigenvalue weighted by molar-refractivity contribution is 6.47. The second-order valence-electron chi connectivity index (χ2n) is 5.93. The molecule has 27 heavy (non-hydrogen) atoms. The molecule has 1 saturated heterocycles. The summed E-state index contributed by atoms with van der Waals surface area (Å²) in [6, 6.07) is 9.32. The fraction of sp³-hybridized carbons (Fsp3) is 0.158. The minimum atomic E-state index is -0.926. The van der Waals surface area contributed by atoms with Gasteiger partial charge in [-0.15, -0.1) is 0 Å². The molecular formula is C19H15Cl2NO5. The molecule has 1 unspecified atom stereocenters. The van der Waals surface area contributed by atoms with Gasteiger partial charge in [0.1, 0.15) is 11.5 Å². The average molecular weight is 408 g/mol.